The summed E-state index contributed by atoms with van der Waals surface area (Å²) < 4.78 is 38.1. The molecule has 1 heterocycles. The third-order valence-corrected chi connectivity index (χ3v) is 7.87. The van der Waals surface area contributed by atoms with Crippen molar-refractivity contribution in [2.24, 2.45) is 11.8 Å². The van der Waals surface area contributed by atoms with E-state index in [-0.39, 0.29) is 29.3 Å². The Morgan fingerprint density at radius 3 is 2.15 bits per heavy atom. The number of rotatable bonds is 9. The van der Waals surface area contributed by atoms with Crippen molar-refractivity contribution in [2.75, 3.05) is 27.3 Å². The van der Waals surface area contributed by atoms with Crippen molar-refractivity contribution in [1.82, 2.24) is 9.62 Å². The number of benzene rings is 2. The Hall–Kier alpha value is -2.58. The SMILES string of the molecule is COc1ccc([C@@H](CC(C)C)NC(=O)[C@@H]2CCCN(S(=O)(=O)c3ccc(OC)cc3)C2)cc1. The van der Waals surface area contributed by atoms with E-state index in [4.69, 9.17) is 9.47 Å². The van der Waals surface area contributed by atoms with Crippen LogP contribution in [0.2, 0.25) is 0 Å². The van der Waals surface area contributed by atoms with E-state index in [1.165, 1.54) is 11.4 Å². The van der Waals surface area contributed by atoms with Crippen molar-refractivity contribution < 1.29 is 22.7 Å². The zero-order valence-electron chi connectivity index (χ0n) is 19.8. The van der Waals surface area contributed by atoms with Crippen LogP contribution < -0.4 is 14.8 Å². The molecular weight excluding hydrogens is 440 g/mol. The van der Waals surface area contributed by atoms with Crippen LogP contribution >= 0.6 is 0 Å². The van der Waals surface area contributed by atoms with Gasteiger partial charge in [0.1, 0.15) is 11.5 Å². The van der Waals surface area contributed by atoms with Crippen molar-refractivity contribution in [2.45, 2.75) is 44.0 Å². The predicted octanol–water partition coefficient (Wildman–Crippen LogP) is 4.01. The molecule has 1 fully saturated rings. The molecule has 180 valence electrons. The van der Waals surface area contributed by atoms with Crippen LogP contribution in [0.5, 0.6) is 11.5 Å². The number of ether oxygens (including phenoxy) is 2. The van der Waals surface area contributed by atoms with Crippen LogP contribution in [0.1, 0.15) is 44.7 Å². The standard InChI is InChI=1S/C25H34N2O5S/c1-18(2)16-24(19-7-9-21(31-3)10-8-19)26-25(28)20-6-5-15-27(17-20)33(29,30)23-13-11-22(32-4)12-14-23/h7-14,18,20,24H,5-6,15-17H2,1-4H3,(H,26,28)/t20-,24-/m1/s1. The van der Waals surface area contributed by atoms with Crippen LogP contribution in [-0.2, 0) is 14.8 Å². The van der Waals surface area contributed by atoms with Gasteiger partial charge in [-0.1, -0.05) is 26.0 Å². The third-order valence-electron chi connectivity index (χ3n) is 5.99. The van der Waals surface area contributed by atoms with E-state index >= 15 is 0 Å². The minimum absolute atomic E-state index is 0.105. The molecule has 2 atom stereocenters. The van der Waals surface area contributed by atoms with Gasteiger partial charge in [-0.3, -0.25) is 4.79 Å². The molecule has 8 heteroatoms. The van der Waals surface area contributed by atoms with Crippen LogP contribution in [0, 0.1) is 11.8 Å². The summed E-state index contributed by atoms with van der Waals surface area (Å²) >= 11 is 0. The summed E-state index contributed by atoms with van der Waals surface area (Å²) in [6.45, 7) is 4.82. The molecule has 7 nitrogen and oxygen atoms in total. The average Bonchev–Trinajstić information content (AvgIpc) is 2.83. The number of nitrogens with one attached hydrogen (secondary N) is 1. The zero-order chi connectivity index (χ0) is 24.0. The highest BCUT2D eigenvalue weighted by molar-refractivity contribution is 7.89. The van der Waals surface area contributed by atoms with Gasteiger partial charge in [0.2, 0.25) is 15.9 Å². The number of nitrogens with zero attached hydrogens (tertiary/aromatic N) is 1. The van der Waals surface area contributed by atoms with Crippen LogP contribution in [0.4, 0.5) is 0 Å². The minimum atomic E-state index is -3.68. The summed E-state index contributed by atoms with van der Waals surface area (Å²) in [5, 5.41) is 3.18. The first-order valence-corrected chi connectivity index (χ1v) is 12.8. The Kier molecular flexibility index (Phi) is 8.37. The fraction of sp³-hybridized carbons (Fsp3) is 0.480. The fourth-order valence-corrected chi connectivity index (χ4v) is 5.67. The quantitative estimate of drug-likeness (QED) is 0.594. The van der Waals surface area contributed by atoms with Gasteiger partial charge in [-0.25, -0.2) is 8.42 Å². The molecule has 0 radical (unpaired) electrons. The lowest BCUT2D eigenvalue weighted by atomic mass is 9.94. The summed E-state index contributed by atoms with van der Waals surface area (Å²) in [7, 11) is -0.517. The van der Waals surface area contributed by atoms with Crippen molar-refractivity contribution in [3.8, 4) is 11.5 Å². The largest absolute Gasteiger partial charge is 0.497 e. The molecule has 2 aromatic carbocycles. The first-order valence-electron chi connectivity index (χ1n) is 11.3. The highest BCUT2D eigenvalue weighted by Gasteiger charge is 2.34. The van der Waals surface area contributed by atoms with E-state index in [1.807, 2.05) is 24.3 Å². The van der Waals surface area contributed by atoms with E-state index in [9.17, 15) is 13.2 Å². The maximum Gasteiger partial charge on any atom is 0.243 e. The number of sulfonamides is 1. The minimum Gasteiger partial charge on any atom is -0.497 e. The second-order valence-electron chi connectivity index (χ2n) is 8.84. The highest BCUT2D eigenvalue weighted by atomic mass is 32.2. The van der Waals surface area contributed by atoms with Gasteiger partial charge in [-0.2, -0.15) is 4.31 Å². The first-order chi connectivity index (χ1) is 15.7. The van der Waals surface area contributed by atoms with E-state index in [2.05, 4.69) is 19.2 Å². The summed E-state index contributed by atoms with van der Waals surface area (Å²) in [4.78, 5) is 13.4. The Morgan fingerprint density at radius 1 is 1.03 bits per heavy atom. The molecule has 2 aromatic rings. The topological polar surface area (TPSA) is 84.9 Å². The van der Waals surface area contributed by atoms with Gasteiger partial charge in [-0.05, 0) is 67.1 Å². The Labute approximate surface area is 197 Å². The monoisotopic (exact) mass is 474 g/mol. The maximum absolute atomic E-state index is 13.2. The van der Waals surface area contributed by atoms with Crippen molar-refractivity contribution >= 4 is 15.9 Å². The van der Waals surface area contributed by atoms with Gasteiger partial charge < -0.3 is 14.8 Å². The van der Waals surface area contributed by atoms with Crippen molar-refractivity contribution in [1.29, 1.82) is 0 Å². The fourth-order valence-electron chi connectivity index (χ4n) is 4.15. The Balaban J connectivity index is 1.72. The number of carbonyl (C=O) groups excluding carboxylic acids is 1. The highest BCUT2D eigenvalue weighted by Crippen LogP contribution is 2.28. The lowest BCUT2D eigenvalue weighted by Gasteiger charge is -2.32. The molecule has 0 unspecified atom stereocenters. The van der Waals surface area contributed by atoms with Crippen molar-refractivity contribution in [3.05, 3.63) is 54.1 Å². The zero-order valence-corrected chi connectivity index (χ0v) is 20.6. The number of hydrogen-bond acceptors (Lipinski definition) is 5. The van der Waals surface area contributed by atoms with E-state index < -0.39 is 10.0 Å². The summed E-state index contributed by atoms with van der Waals surface area (Å²) in [6.07, 6.45) is 2.10. The number of methoxy groups -OCH3 is 2. The third kappa shape index (κ3) is 6.26. The van der Waals surface area contributed by atoms with Gasteiger partial charge in [0.15, 0.2) is 0 Å². The molecule has 33 heavy (non-hydrogen) atoms. The van der Waals surface area contributed by atoms with E-state index in [1.54, 1.807) is 31.4 Å². The van der Waals surface area contributed by atoms with Crippen LogP contribution in [-0.4, -0.2) is 45.9 Å². The van der Waals surface area contributed by atoms with Gasteiger partial charge >= 0.3 is 0 Å². The van der Waals surface area contributed by atoms with Gasteiger partial charge in [-0.15, -0.1) is 0 Å². The van der Waals surface area contributed by atoms with Crippen LogP contribution in [0.3, 0.4) is 0 Å². The van der Waals surface area contributed by atoms with E-state index in [0.29, 0.717) is 31.1 Å². The molecule has 0 aliphatic carbocycles. The van der Waals surface area contributed by atoms with E-state index in [0.717, 1.165) is 17.7 Å². The molecule has 0 saturated carbocycles. The molecular formula is C25H34N2O5S. The summed E-state index contributed by atoms with van der Waals surface area (Å²) in [6, 6.07) is 13.9. The van der Waals surface area contributed by atoms with Crippen LogP contribution in [0.25, 0.3) is 0 Å². The first kappa shape index (κ1) is 25.1. The molecule has 1 saturated heterocycles. The van der Waals surface area contributed by atoms with Crippen LogP contribution in [0.15, 0.2) is 53.4 Å². The molecule has 1 aliphatic rings. The predicted molar refractivity (Wildman–Crippen MR) is 128 cm³/mol. The molecule has 0 bridgehead atoms. The second kappa shape index (κ2) is 11.0. The molecule has 1 aliphatic heterocycles. The summed E-state index contributed by atoms with van der Waals surface area (Å²) in [5.74, 6) is 1.25. The summed E-state index contributed by atoms with van der Waals surface area (Å²) in [5.41, 5.74) is 1.01. The Bertz CT molecular complexity index is 1020. The Morgan fingerprint density at radius 2 is 1.61 bits per heavy atom. The lowest BCUT2D eigenvalue weighted by molar-refractivity contribution is -0.127. The number of carbonyl (C=O) groups is 1. The molecule has 1 N–H and O–H groups in total. The lowest BCUT2D eigenvalue weighted by Crippen LogP contribution is -2.46. The normalized spacial score (nSPS) is 18.0. The maximum atomic E-state index is 13.2. The molecule has 0 aromatic heterocycles. The number of amides is 1. The number of hydrogen-bond donors (Lipinski definition) is 1. The second-order valence-corrected chi connectivity index (χ2v) is 10.8. The van der Waals surface area contributed by atoms with Gasteiger partial charge in [0.05, 0.1) is 31.1 Å². The van der Waals surface area contributed by atoms with Gasteiger partial charge in [0, 0.05) is 13.1 Å². The molecule has 3 rings (SSSR count). The number of piperidine rings is 1. The van der Waals surface area contributed by atoms with Crippen molar-refractivity contribution in [3.63, 3.8) is 0 Å². The van der Waals surface area contributed by atoms with Gasteiger partial charge in [0.25, 0.3) is 0 Å². The average molecular weight is 475 g/mol. The smallest absolute Gasteiger partial charge is 0.243 e. The molecule has 1 amide bonds. The molecule has 0 spiro atoms.